The van der Waals surface area contributed by atoms with Gasteiger partial charge in [0, 0.05) is 0 Å². The number of ether oxygens (including phenoxy) is 1. The summed E-state index contributed by atoms with van der Waals surface area (Å²) in [6.45, 7) is -1.86. The molecule has 4 N–H and O–H groups in total. The van der Waals surface area contributed by atoms with Gasteiger partial charge in [-0.3, -0.25) is 0 Å². The third-order valence-electron chi connectivity index (χ3n) is 2.15. The van der Waals surface area contributed by atoms with Crippen molar-refractivity contribution < 1.29 is 44.0 Å². The lowest BCUT2D eigenvalue weighted by Gasteiger charge is -2.30. The van der Waals surface area contributed by atoms with E-state index in [0.29, 0.717) is 0 Å². The van der Waals surface area contributed by atoms with Crippen LogP contribution in [-0.4, -0.2) is 57.7 Å². The maximum absolute atomic E-state index is 10.1. The number of hydrogen-bond donors (Lipinski definition) is 4. The molecule has 96 valence electrons. The molecule has 0 unspecified atom stereocenters. The molecule has 0 spiro atoms. The molecule has 1 fully saturated rings. The Morgan fingerprint density at radius 3 is 2.38 bits per heavy atom. The van der Waals surface area contributed by atoms with Crippen molar-refractivity contribution in [1.29, 1.82) is 0 Å². The van der Waals surface area contributed by atoms with Gasteiger partial charge in [0.05, 0.1) is 21.0 Å². The Morgan fingerprint density at radius 1 is 1.44 bits per heavy atom. The van der Waals surface area contributed by atoms with Crippen LogP contribution in [0, 0.1) is 0 Å². The van der Waals surface area contributed by atoms with E-state index in [9.17, 15) is 29.7 Å². The van der Waals surface area contributed by atoms with Crippen molar-refractivity contribution in [1.82, 2.24) is 0 Å². The summed E-state index contributed by atoms with van der Waals surface area (Å²) in [5.41, 5.74) is 0. The van der Waals surface area contributed by atoms with E-state index in [1.807, 2.05) is 0 Å². The van der Waals surface area contributed by atoms with Gasteiger partial charge >= 0.3 is 0 Å². The first-order chi connectivity index (χ1) is 7.19. The molecule has 0 aliphatic carbocycles. The number of aliphatic hydroxyl groups excluding tert-OH is 3. The largest absolute Gasteiger partial charge is 0.790 e. The fraction of sp³-hybridized carbons (Fsp3) is 1.00. The van der Waals surface area contributed by atoms with Gasteiger partial charge < -0.3 is 44.0 Å². The minimum Gasteiger partial charge on any atom is -0.790 e. The van der Waals surface area contributed by atoms with Crippen molar-refractivity contribution >= 4 is 7.82 Å². The molecule has 1 rings (SSSR count). The van der Waals surface area contributed by atoms with Gasteiger partial charge in [-0.05, 0) is 0 Å². The lowest BCUT2D eigenvalue weighted by molar-refractivity contribution is -0.344. The molecular formula is C6H11O9P-2. The predicted molar refractivity (Wildman–Crippen MR) is 42.5 cm³/mol. The second-order valence-electron chi connectivity index (χ2n) is 3.34. The van der Waals surface area contributed by atoms with Crippen molar-refractivity contribution in [3.05, 3.63) is 0 Å². The summed E-state index contributed by atoms with van der Waals surface area (Å²) in [6, 6.07) is 0. The zero-order chi connectivity index (χ0) is 12.6. The molecule has 0 bridgehead atoms. The summed E-state index contributed by atoms with van der Waals surface area (Å²) >= 11 is 0. The van der Waals surface area contributed by atoms with Crippen molar-refractivity contribution in [2.45, 2.75) is 24.1 Å². The minimum atomic E-state index is -5.23. The van der Waals surface area contributed by atoms with Crippen LogP contribution >= 0.6 is 7.82 Å². The van der Waals surface area contributed by atoms with Crippen LogP contribution in [0.25, 0.3) is 0 Å². The normalized spacial score (nSPS) is 40.2. The predicted octanol–water partition coefficient (Wildman–Crippen LogP) is -4.37. The van der Waals surface area contributed by atoms with E-state index >= 15 is 0 Å². The van der Waals surface area contributed by atoms with Gasteiger partial charge in [0.15, 0.2) is 0 Å². The van der Waals surface area contributed by atoms with E-state index in [2.05, 4.69) is 9.26 Å². The Kier molecular flexibility index (Phi) is 4.06. The monoisotopic (exact) mass is 258 g/mol. The Labute approximate surface area is 90.1 Å². The first-order valence-electron chi connectivity index (χ1n) is 4.23. The smallest absolute Gasteiger partial charge is 0.219 e. The first-order valence-corrected chi connectivity index (χ1v) is 5.69. The van der Waals surface area contributed by atoms with Crippen molar-refractivity contribution in [2.24, 2.45) is 0 Å². The van der Waals surface area contributed by atoms with Crippen LogP contribution in [0.2, 0.25) is 0 Å². The van der Waals surface area contributed by atoms with Gasteiger partial charge in [0.1, 0.15) is 18.3 Å². The van der Waals surface area contributed by atoms with Gasteiger partial charge in [-0.25, -0.2) is 0 Å². The maximum atomic E-state index is 10.1. The van der Waals surface area contributed by atoms with Gasteiger partial charge in [-0.1, -0.05) is 0 Å². The molecule has 0 amide bonds. The third-order valence-corrected chi connectivity index (χ3v) is 2.61. The van der Waals surface area contributed by atoms with Crippen LogP contribution < -0.4 is 9.79 Å². The highest BCUT2D eigenvalue weighted by molar-refractivity contribution is 7.43. The Hall–Kier alpha value is -0.0900. The van der Waals surface area contributed by atoms with E-state index in [1.165, 1.54) is 0 Å². The fourth-order valence-corrected chi connectivity index (χ4v) is 1.63. The maximum Gasteiger partial charge on any atom is 0.219 e. The molecule has 0 aromatic heterocycles. The molecule has 1 aliphatic heterocycles. The van der Waals surface area contributed by atoms with Gasteiger partial charge in [0.2, 0.25) is 5.79 Å². The molecule has 1 heterocycles. The molecule has 9 nitrogen and oxygen atoms in total. The standard InChI is InChI=1S/C6H13O9P/c7-2-6(10)5(9)4(8)3(15-6)1-14-16(11,12)13/h3-5,7-10H,1-2H2,(H2,11,12,13)/p-2/t3-,4+,5+,6+/m1/s1. The fourth-order valence-electron chi connectivity index (χ4n) is 1.30. The van der Waals surface area contributed by atoms with Crippen LogP contribution in [0.4, 0.5) is 0 Å². The van der Waals surface area contributed by atoms with Crippen LogP contribution in [0.5, 0.6) is 0 Å². The van der Waals surface area contributed by atoms with E-state index in [-0.39, 0.29) is 0 Å². The Bertz CT molecular complexity index is 290. The number of phosphoric ester groups is 1. The molecule has 0 aromatic carbocycles. The zero-order valence-electron chi connectivity index (χ0n) is 7.92. The van der Waals surface area contributed by atoms with Gasteiger partial charge in [0.25, 0.3) is 0 Å². The second-order valence-corrected chi connectivity index (χ2v) is 4.49. The van der Waals surface area contributed by atoms with E-state index < -0.39 is 45.1 Å². The zero-order valence-corrected chi connectivity index (χ0v) is 8.82. The molecule has 10 heteroatoms. The molecule has 0 saturated carbocycles. The van der Waals surface area contributed by atoms with Crippen LogP contribution in [0.15, 0.2) is 0 Å². The molecule has 0 radical (unpaired) electrons. The van der Waals surface area contributed by atoms with Crippen molar-refractivity contribution in [2.75, 3.05) is 13.2 Å². The van der Waals surface area contributed by atoms with E-state index in [0.717, 1.165) is 0 Å². The van der Waals surface area contributed by atoms with Crippen molar-refractivity contribution in [3.63, 3.8) is 0 Å². The molecule has 4 atom stereocenters. The second kappa shape index (κ2) is 4.65. The number of hydrogen-bond acceptors (Lipinski definition) is 9. The number of rotatable bonds is 4. The van der Waals surface area contributed by atoms with Crippen molar-refractivity contribution in [3.8, 4) is 0 Å². The molecular weight excluding hydrogens is 247 g/mol. The highest BCUT2D eigenvalue weighted by Gasteiger charge is 2.53. The molecule has 1 saturated heterocycles. The van der Waals surface area contributed by atoms with Crippen LogP contribution in [0.3, 0.4) is 0 Å². The topological polar surface area (TPSA) is 163 Å². The highest BCUT2D eigenvalue weighted by Crippen LogP contribution is 2.32. The summed E-state index contributed by atoms with van der Waals surface area (Å²) in [7, 11) is -5.23. The third kappa shape index (κ3) is 2.98. The number of aliphatic hydroxyl groups is 4. The summed E-state index contributed by atoms with van der Waals surface area (Å²) in [4.78, 5) is 20.3. The Morgan fingerprint density at radius 2 is 2.00 bits per heavy atom. The van der Waals surface area contributed by atoms with E-state index in [1.54, 1.807) is 0 Å². The van der Waals surface area contributed by atoms with Gasteiger partial charge in [-0.15, -0.1) is 0 Å². The SMILES string of the molecule is O=P([O-])([O-])OC[C@H]1O[C@@](O)(CO)[C@@H](O)[C@H]1O. The molecule has 1 aliphatic rings. The number of phosphoric acid groups is 1. The average molecular weight is 258 g/mol. The van der Waals surface area contributed by atoms with E-state index in [4.69, 9.17) is 5.11 Å². The Balaban J connectivity index is 2.61. The lowest BCUT2D eigenvalue weighted by Crippen LogP contribution is -2.46. The first kappa shape index (κ1) is 14.0. The molecule has 0 aromatic rings. The van der Waals surface area contributed by atoms with Gasteiger partial charge in [-0.2, -0.15) is 0 Å². The minimum absolute atomic E-state index is 0.856. The average Bonchev–Trinajstić information content (AvgIpc) is 2.40. The summed E-state index contributed by atoms with van der Waals surface area (Å²) < 4.78 is 18.6. The quantitative estimate of drug-likeness (QED) is 0.365. The highest BCUT2D eigenvalue weighted by atomic mass is 31.2. The molecule has 16 heavy (non-hydrogen) atoms. The lowest BCUT2D eigenvalue weighted by atomic mass is 10.1. The van der Waals surface area contributed by atoms with Crippen LogP contribution in [0.1, 0.15) is 0 Å². The summed E-state index contributed by atoms with van der Waals surface area (Å²) in [6.07, 6.45) is -4.93. The summed E-state index contributed by atoms with van der Waals surface area (Å²) in [5, 5.41) is 36.6. The van der Waals surface area contributed by atoms with Crippen LogP contribution in [-0.2, 0) is 13.8 Å². The summed E-state index contributed by atoms with van der Waals surface area (Å²) in [5.74, 6) is -2.40.